The molecular formula is C20H33ClN2O5. The molecule has 1 aliphatic rings. The van der Waals surface area contributed by atoms with Crippen molar-refractivity contribution in [2.24, 2.45) is 5.41 Å². The molecular weight excluding hydrogens is 384 g/mol. The highest BCUT2D eigenvalue weighted by molar-refractivity contribution is 5.85. The minimum Gasteiger partial charge on any atom is -0.493 e. The second-order valence-corrected chi connectivity index (χ2v) is 6.95. The van der Waals surface area contributed by atoms with E-state index in [-0.39, 0.29) is 23.7 Å². The number of methoxy groups -OCH3 is 4. The highest BCUT2D eigenvalue weighted by Gasteiger charge is 2.32. The summed E-state index contributed by atoms with van der Waals surface area (Å²) in [5, 5.41) is 6.45. The number of carbonyl (C=O) groups excluding carboxylic acids is 1. The molecule has 2 N–H and O–H groups in total. The Bertz CT molecular complexity index is 615. The molecule has 0 bridgehead atoms. The molecule has 1 heterocycles. The monoisotopic (exact) mass is 416 g/mol. The lowest BCUT2D eigenvalue weighted by atomic mass is 9.79. The Hall–Kier alpha value is -1.70. The van der Waals surface area contributed by atoms with Crippen LogP contribution in [0.5, 0.6) is 17.2 Å². The quantitative estimate of drug-likeness (QED) is 0.608. The van der Waals surface area contributed by atoms with Gasteiger partial charge in [0.15, 0.2) is 11.5 Å². The van der Waals surface area contributed by atoms with Crippen LogP contribution in [-0.2, 0) is 16.0 Å². The van der Waals surface area contributed by atoms with E-state index < -0.39 is 0 Å². The van der Waals surface area contributed by atoms with Gasteiger partial charge in [-0.2, -0.15) is 0 Å². The van der Waals surface area contributed by atoms with Gasteiger partial charge in [-0.05, 0) is 44.0 Å². The van der Waals surface area contributed by atoms with E-state index >= 15 is 0 Å². The molecule has 0 atom stereocenters. The third kappa shape index (κ3) is 6.15. The van der Waals surface area contributed by atoms with Crippen molar-refractivity contribution in [3.05, 3.63) is 17.7 Å². The molecule has 8 heteroatoms. The number of carbonyl (C=O) groups is 1. The van der Waals surface area contributed by atoms with Gasteiger partial charge in [-0.3, -0.25) is 4.79 Å². The lowest BCUT2D eigenvalue weighted by Gasteiger charge is -2.37. The molecule has 1 amide bonds. The van der Waals surface area contributed by atoms with Crippen LogP contribution < -0.4 is 24.8 Å². The van der Waals surface area contributed by atoms with Gasteiger partial charge in [-0.25, -0.2) is 0 Å². The second kappa shape index (κ2) is 12.0. The standard InChI is InChI=1S/C20H32N2O5.ClH/c1-24-14-20(9-11-21-12-10-20)13-22-17(23)8-6-15-5-7-16(25-2)19(27-4)18(15)26-3;/h5,7,21H,6,8-14H2,1-4H3,(H,22,23);1H. The van der Waals surface area contributed by atoms with Crippen molar-refractivity contribution in [1.82, 2.24) is 10.6 Å². The number of ether oxygens (including phenoxy) is 4. The zero-order valence-corrected chi connectivity index (χ0v) is 18.1. The van der Waals surface area contributed by atoms with Gasteiger partial charge in [0.25, 0.3) is 0 Å². The molecule has 1 aliphatic heterocycles. The Kier molecular flexibility index (Phi) is 10.4. The molecule has 7 nitrogen and oxygen atoms in total. The predicted octanol–water partition coefficient (Wildman–Crippen LogP) is 2.20. The van der Waals surface area contributed by atoms with Gasteiger partial charge in [0.05, 0.1) is 27.9 Å². The average Bonchev–Trinajstić information content (AvgIpc) is 2.70. The number of nitrogens with one attached hydrogen (secondary N) is 2. The number of hydrogen-bond donors (Lipinski definition) is 2. The number of halogens is 1. The zero-order valence-electron chi connectivity index (χ0n) is 17.3. The van der Waals surface area contributed by atoms with Crippen LogP contribution in [0, 0.1) is 5.41 Å². The molecule has 0 spiro atoms. The van der Waals surface area contributed by atoms with Crippen LogP contribution in [-0.4, -0.2) is 60.6 Å². The summed E-state index contributed by atoms with van der Waals surface area (Å²) in [7, 11) is 6.47. The summed E-state index contributed by atoms with van der Waals surface area (Å²) >= 11 is 0. The summed E-state index contributed by atoms with van der Waals surface area (Å²) in [4.78, 5) is 12.4. The topological polar surface area (TPSA) is 78.1 Å². The van der Waals surface area contributed by atoms with E-state index in [0.717, 1.165) is 31.5 Å². The fourth-order valence-corrected chi connectivity index (χ4v) is 3.62. The number of rotatable bonds is 10. The summed E-state index contributed by atoms with van der Waals surface area (Å²) in [6.45, 7) is 3.23. The molecule has 0 radical (unpaired) electrons. The first kappa shape index (κ1) is 24.3. The maximum absolute atomic E-state index is 12.4. The maximum Gasteiger partial charge on any atom is 0.220 e. The van der Waals surface area contributed by atoms with Crippen molar-refractivity contribution >= 4 is 18.3 Å². The number of aryl methyl sites for hydroxylation is 1. The van der Waals surface area contributed by atoms with E-state index in [1.165, 1.54) is 0 Å². The SMILES string of the molecule is COCC1(CNC(=O)CCc2ccc(OC)c(OC)c2OC)CCNCC1.Cl. The van der Waals surface area contributed by atoms with E-state index in [1.54, 1.807) is 28.4 Å². The molecule has 1 fully saturated rings. The minimum atomic E-state index is 0. The third-order valence-corrected chi connectivity index (χ3v) is 5.18. The molecule has 0 aromatic heterocycles. The molecule has 0 aliphatic carbocycles. The van der Waals surface area contributed by atoms with Crippen LogP contribution in [0.2, 0.25) is 0 Å². The van der Waals surface area contributed by atoms with Crippen LogP contribution in [0.25, 0.3) is 0 Å². The Labute approximate surface area is 173 Å². The van der Waals surface area contributed by atoms with Crippen molar-refractivity contribution in [1.29, 1.82) is 0 Å². The van der Waals surface area contributed by atoms with Crippen LogP contribution in [0.1, 0.15) is 24.8 Å². The van der Waals surface area contributed by atoms with Crippen LogP contribution in [0.4, 0.5) is 0 Å². The second-order valence-electron chi connectivity index (χ2n) is 6.95. The number of hydrogen-bond acceptors (Lipinski definition) is 6. The first-order valence-electron chi connectivity index (χ1n) is 9.33. The fraction of sp³-hybridized carbons (Fsp3) is 0.650. The average molecular weight is 417 g/mol. The zero-order chi connectivity index (χ0) is 19.7. The number of benzene rings is 1. The molecule has 28 heavy (non-hydrogen) atoms. The van der Waals surface area contributed by atoms with Crippen molar-refractivity contribution < 1.29 is 23.7 Å². The Morgan fingerprint density at radius 1 is 1.07 bits per heavy atom. The van der Waals surface area contributed by atoms with E-state index in [0.29, 0.717) is 43.2 Å². The minimum absolute atomic E-state index is 0. The van der Waals surface area contributed by atoms with E-state index in [9.17, 15) is 4.79 Å². The molecule has 0 saturated carbocycles. The molecule has 1 aromatic rings. The predicted molar refractivity (Wildman–Crippen MR) is 111 cm³/mol. The first-order valence-corrected chi connectivity index (χ1v) is 9.33. The molecule has 1 saturated heterocycles. The van der Waals surface area contributed by atoms with E-state index in [4.69, 9.17) is 18.9 Å². The Morgan fingerprint density at radius 2 is 1.75 bits per heavy atom. The van der Waals surface area contributed by atoms with Gasteiger partial charge in [-0.1, -0.05) is 6.07 Å². The smallest absolute Gasteiger partial charge is 0.220 e. The van der Waals surface area contributed by atoms with Gasteiger partial charge in [0.2, 0.25) is 11.7 Å². The molecule has 2 rings (SSSR count). The molecule has 160 valence electrons. The van der Waals surface area contributed by atoms with Crippen LogP contribution in [0.15, 0.2) is 12.1 Å². The van der Waals surface area contributed by atoms with Gasteiger partial charge in [-0.15, -0.1) is 12.4 Å². The Balaban J connectivity index is 0.00000392. The molecule has 0 unspecified atom stereocenters. The first-order chi connectivity index (χ1) is 13.1. The largest absolute Gasteiger partial charge is 0.493 e. The fourth-order valence-electron chi connectivity index (χ4n) is 3.62. The summed E-state index contributed by atoms with van der Waals surface area (Å²) in [6.07, 6.45) is 2.95. The van der Waals surface area contributed by atoms with Crippen molar-refractivity contribution in [3.8, 4) is 17.2 Å². The van der Waals surface area contributed by atoms with Crippen LogP contribution in [0.3, 0.4) is 0 Å². The van der Waals surface area contributed by atoms with Gasteiger partial charge in [0, 0.05) is 25.5 Å². The normalized spacial score (nSPS) is 15.3. The van der Waals surface area contributed by atoms with Gasteiger partial charge >= 0.3 is 0 Å². The van der Waals surface area contributed by atoms with Crippen LogP contribution >= 0.6 is 12.4 Å². The van der Waals surface area contributed by atoms with Crippen molar-refractivity contribution in [3.63, 3.8) is 0 Å². The summed E-state index contributed by atoms with van der Waals surface area (Å²) < 4.78 is 21.6. The molecule has 1 aromatic carbocycles. The summed E-state index contributed by atoms with van der Waals surface area (Å²) in [6, 6.07) is 3.74. The maximum atomic E-state index is 12.4. The number of piperidine rings is 1. The van der Waals surface area contributed by atoms with Gasteiger partial charge in [0.1, 0.15) is 0 Å². The summed E-state index contributed by atoms with van der Waals surface area (Å²) in [5.74, 6) is 1.79. The summed E-state index contributed by atoms with van der Waals surface area (Å²) in [5.41, 5.74) is 0.940. The Morgan fingerprint density at radius 3 is 2.32 bits per heavy atom. The van der Waals surface area contributed by atoms with E-state index in [2.05, 4.69) is 10.6 Å². The highest BCUT2D eigenvalue weighted by Crippen LogP contribution is 2.40. The van der Waals surface area contributed by atoms with Crippen molar-refractivity contribution in [2.45, 2.75) is 25.7 Å². The van der Waals surface area contributed by atoms with Crippen molar-refractivity contribution in [2.75, 3.05) is 54.7 Å². The van der Waals surface area contributed by atoms with Gasteiger partial charge < -0.3 is 29.6 Å². The highest BCUT2D eigenvalue weighted by atomic mass is 35.5. The lowest BCUT2D eigenvalue weighted by Crippen LogP contribution is -2.47. The third-order valence-electron chi connectivity index (χ3n) is 5.18. The number of amides is 1. The van der Waals surface area contributed by atoms with E-state index in [1.807, 2.05) is 12.1 Å². The lowest BCUT2D eigenvalue weighted by molar-refractivity contribution is -0.122.